The Kier molecular flexibility index (Phi) is 9.42. The third-order valence-corrected chi connectivity index (χ3v) is 8.20. The lowest BCUT2D eigenvalue weighted by Gasteiger charge is -2.46. The fourth-order valence-corrected chi connectivity index (χ4v) is 6.04. The van der Waals surface area contributed by atoms with Gasteiger partial charge in [-0.3, -0.25) is 14.5 Å². The molecule has 10 nitrogen and oxygen atoms in total. The maximum atomic E-state index is 13.5. The van der Waals surface area contributed by atoms with E-state index in [1.807, 2.05) is 30.3 Å². The highest BCUT2D eigenvalue weighted by Gasteiger charge is 2.55. The highest BCUT2D eigenvalue weighted by molar-refractivity contribution is 7.83. The van der Waals surface area contributed by atoms with Crippen molar-refractivity contribution in [2.24, 2.45) is 0 Å². The number of benzene rings is 2. The zero-order valence-electron chi connectivity index (χ0n) is 23.3. The minimum absolute atomic E-state index is 0.00572. The number of β-lactam (4-membered cyclic amide) rings is 1. The first-order chi connectivity index (χ1) is 19.5. The molecule has 1 unspecified atom stereocenters. The molecule has 1 saturated heterocycles. The molecule has 0 saturated carbocycles. The number of halogens is 1. The number of likely N-dealkylation sites (tertiary alicyclic amines) is 1. The van der Waals surface area contributed by atoms with Gasteiger partial charge in [-0.25, -0.2) is 13.7 Å². The number of carbonyl (C=O) groups is 3. The Morgan fingerprint density at radius 2 is 1.78 bits per heavy atom. The number of esters is 1. The van der Waals surface area contributed by atoms with E-state index in [-0.39, 0.29) is 35.4 Å². The molecule has 0 radical (unpaired) electrons. The number of carbonyl (C=O) groups excluding carboxylic acids is 3. The second-order valence-corrected chi connectivity index (χ2v) is 11.7. The summed E-state index contributed by atoms with van der Waals surface area (Å²) in [5.41, 5.74) is 2.01. The van der Waals surface area contributed by atoms with Crippen molar-refractivity contribution < 1.29 is 27.9 Å². The SMILES string of the molecule is CC(C)=C(C(=O)OCc1ccccc1)N1C(=O)[C@@H](NC(=O)c2c(-c3ccccc3Cl)noc2C)[C@H]1S(=O)NC(C)C. The number of allylic oxidation sites excluding steroid dienone is 1. The molecule has 2 N–H and O–H groups in total. The number of aryl methyl sites for hydroxylation is 1. The zero-order valence-corrected chi connectivity index (χ0v) is 24.8. The molecule has 1 aromatic heterocycles. The van der Waals surface area contributed by atoms with E-state index >= 15 is 0 Å². The van der Waals surface area contributed by atoms with Crippen LogP contribution in [0.2, 0.25) is 5.02 Å². The van der Waals surface area contributed by atoms with E-state index in [1.165, 1.54) is 0 Å². The summed E-state index contributed by atoms with van der Waals surface area (Å²) in [6.07, 6.45) is 0. The topological polar surface area (TPSA) is 131 Å². The lowest BCUT2D eigenvalue weighted by atomic mass is 10.0. The molecule has 2 aromatic carbocycles. The van der Waals surface area contributed by atoms with Crippen molar-refractivity contribution in [3.63, 3.8) is 0 Å². The summed E-state index contributed by atoms with van der Waals surface area (Å²) in [4.78, 5) is 41.4. The van der Waals surface area contributed by atoms with Crippen molar-refractivity contribution >= 4 is 40.4 Å². The lowest BCUT2D eigenvalue weighted by molar-refractivity contribution is -0.152. The highest BCUT2D eigenvalue weighted by atomic mass is 35.5. The molecule has 2 amide bonds. The van der Waals surface area contributed by atoms with Crippen LogP contribution in [0.25, 0.3) is 11.3 Å². The number of nitrogens with zero attached hydrogens (tertiary/aromatic N) is 2. The van der Waals surface area contributed by atoms with E-state index in [0.717, 1.165) is 10.5 Å². The Labute approximate surface area is 245 Å². The third-order valence-electron chi connectivity index (χ3n) is 6.24. The monoisotopic (exact) mass is 598 g/mol. The Hall–Kier alpha value is -3.80. The average Bonchev–Trinajstić information content (AvgIpc) is 3.31. The van der Waals surface area contributed by atoms with E-state index < -0.39 is 40.2 Å². The van der Waals surface area contributed by atoms with E-state index in [0.29, 0.717) is 16.2 Å². The molecular weight excluding hydrogens is 568 g/mol. The largest absolute Gasteiger partial charge is 0.456 e. The van der Waals surface area contributed by atoms with Gasteiger partial charge in [-0.15, -0.1) is 0 Å². The molecular formula is C29H31ClN4O6S. The molecule has 1 fully saturated rings. The van der Waals surface area contributed by atoms with Crippen LogP contribution in [0.4, 0.5) is 0 Å². The van der Waals surface area contributed by atoms with Crippen LogP contribution in [-0.4, -0.2) is 49.5 Å². The summed E-state index contributed by atoms with van der Waals surface area (Å²) in [7, 11) is -1.86. The first kappa shape index (κ1) is 30.2. The van der Waals surface area contributed by atoms with E-state index in [2.05, 4.69) is 15.2 Å². The van der Waals surface area contributed by atoms with Crippen molar-refractivity contribution in [1.82, 2.24) is 20.1 Å². The number of ether oxygens (including phenoxy) is 1. The Morgan fingerprint density at radius 3 is 2.41 bits per heavy atom. The van der Waals surface area contributed by atoms with Crippen LogP contribution < -0.4 is 10.0 Å². The molecule has 0 aliphatic carbocycles. The summed E-state index contributed by atoms with van der Waals surface area (Å²) in [6.45, 7) is 8.46. The smallest absolute Gasteiger partial charge is 0.355 e. The predicted molar refractivity (Wildman–Crippen MR) is 155 cm³/mol. The van der Waals surface area contributed by atoms with Crippen molar-refractivity contribution in [2.75, 3.05) is 0 Å². The second-order valence-electron chi connectivity index (χ2n) is 9.97. The maximum Gasteiger partial charge on any atom is 0.355 e. The number of nitrogens with one attached hydrogen (secondary N) is 2. The Bertz CT molecular complexity index is 1520. The van der Waals surface area contributed by atoms with Crippen LogP contribution in [0.3, 0.4) is 0 Å². The van der Waals surface area contributed by atoms with Crippen LogP contribution in [0.5, 0.6) is 0 Å². The fraction of sp³-hybridized carbons (Fsp3) is 0.310. The van der Waals surface area contributed by atoms with Crippen molar-refractivity contribution in [2.45, 2.75) is 58.7 Å². The summed E-state index contributed by atoms with van der Waals surface area (Å²) < 4.78 is 27.1. The molecule has 3 aromatic rings. The predicted octanol–water partition coefficient (Wildman–Crippen LogP) is 4.27. The Morgan fingerprint density at radius 1 is 1.12 bits per heavy atom. The van der Waals surface area contributed by atoms with Gasteiger partial charge in [0.2, 0.25) is 0 Å². The third kappa shape index (κ3) is 6.42. The number of hydrogen-bond acceptors (Lipinski definition) is 7. The van der Waals surface area contributed by atoms with E-state index in [4.69, 9.17) is 20.9 Å². The van der Waals surface area contributed by atoms with Crippen LogP contribution in [0.15, 0.2) is 70.4 Å². The average molecular weight is 599 g/mol. The molecule has 1 aliphatic heterocycles. The maximum absolute atomic E-state index is 13.5. The highest BCUT2D eigenvalue weighted by Crippen LogP contribution is 2.33. The fourth-order valence-electron chi connectivity index (χ4n) is 4.38. The van der Waals surface area contributed by atoms with Gasteiger partial charge in [0.1, 0.15) is 46.3 Å². The summed E-state index contributed by atoms with van der Waals surface area (Å²) in [5, 5.41) is 5.97. The second kappa shape index (κ2) is 12.8. The van der Waals surface area contributed by atoms with Gasteiger partial charge in [-0.2, -0.15) is 0 Å². The normalized spacial score (nSPS) is 17.1. The molecule has 216 valence electrons. The zero-order chi connectivity index (χ0) is 29.8. The first-order valence-corrected chi connectivity index (χ1v) is 14.5. The van der Waals surface area contributed by atoms with E-state index in [9.17, 15) is 18.6 Å². The van der Waals surface area contributed by atoms with Crippen LogP contribution in [-0.2, 0) is 31.9 Å². The minimum Gasteiger partial charge on any atom is -0.456 e. The lowest BCUT2D eigenvalue weighted by Crippen LogP contribution is -2.73. The van der Waals surface area contributed by atoms with Crippen molar-refractivity contribution in [1.29, 1.82) is 0 Å². The number of hydrogen-bond donors (Lipinski definition) is 2. The van der Waals surface area contributed by atoms with Gasteiger partial charge in [0.25, 0.3) is 11.8 Å². The molecule has 0 spiro atoms. The van der Waals surface area contributed by atoms with Gasteiger partial charge in [0.05, 0.1) is 5.02 Å². The minimum atomic E-state index is -1.86. The van der Waals surface area contributed by atoms with Gasteiger partial charge in [0.15, 0.2) is 5.37 Å². The van der Waals surface area contributed by atoms with Crippen molar-refractivity contribution in [3.05, 3.63) is 87.8 Å². The standard InChI is InChI=1S/C29H31ClN4O6S/c1-16(2)25(29(37)39-15-19-11-7-6-8-12-19)34-27(36)24(28(34)41(38)33-17(3)4)31-26(35)22-18(5)40-32-23(22)20-13-9-10-14-21(20)30/h6-14,17,24,28,33H,15H2,1-5H3,(H,31,35)/t24-,28-,41?/m1/s1. The quantitative estimate of drug-likeness (QED) is 0.202. The van der Waals surface area contributed by atoms with Gasteiger partial charge in [0, 0.05) is 11.6 Å². The van der Waals surface area contributed by atoms with Gasteiger partial charge in [-0.1, -0.05) is 65.3 Å². The van der Waals surface area contributed by atoms with Crippen LogP contribution in [0.1, 0.15) is 49.4 Å². The molecule has 4 rings (SSSR count). The van der Waals surface area contributed by atoms with Crippen LogP contribution >= 0.6 is 11.6 Å². The van der Waals surface area contributed by atoms with Gasteiger partial charge >= 0.3 is 5.97 Å². The first-order valence-electron chi connectivity index (χ1n) is 12.9. The molecule has 12 heteroatoms. The number of amides is 2. The van der Waals surface area contributed by atoms with Gasteiger partial charge < -0.3 is 14.6 Å². The van der Waals surface area contributed by atoms with E-state index in [1.54, 1.807) is 58.9 Å². The summed E-state index contributed by atoms with van der Waals surface area (Å²) in [5.74, 6) is -1.79. The molecule has 2 heterocycles. The summed E-state index contributed by atoms with van der Waals surface area (Å²) >= 11 is 6.33. The van der Waals surface area contributed by atoms with Gasteiger partial charge in [-0.05, 0) is 51.8 Å². The molecule has 0 bridgehead atoms. The summed E-state index contributed by atoms with van der Waals surface area (Å²) in [6, 6.07) is 14.5. The molecule has 3 atom stereocenters. The van der Waals surface area contributed by atoms with Crippen LogP contribution in [0, 0.1) is 6.92 Å². The molecule has 41 heavy (non-hydrogen) atoms. The number of aromatic nitrogens is 1. The Balaban J connectivity index is 1.62. The van der Waals surface area contributed by atoms with Crippen molar-refractivity contribution in [3.8, 4) is 11.3 Å². The number of rotatable bonds is 10. The molecule has 1 aliphatic rings.